The molecule has 0 radical (unpaired) electrons. The van der Waals surface area contributed by atoms with Crippen LogP contribution in [0, 0.1) is 0 Å². The van der Waals surface area contributed by atoms with Crippen LogP contribution < -0.4 is 5.32 Å². The first-order chi connectivity index (χ1) is 8.76. The van der Waals surface area contributed by atoms with Crippen LogP contribution in [0.2, 0.25) is 0 Å². The molecule has 1 atom stereocenters. The maximum atomic E-state index is 9.62. The summed E-state index contributed by atoms with van der Waals surface area (Å²) in [6.07, 6.45) is 9.29. The number of hydrogen-bond acceptors (Lipinski definition) is 3. The number of aliphatic hydroxyl groups excluding tert-OH is 1. The molecule has 0 amide bonds. The van der Waals surface area contributed by atoms with Crippen molar-refractivity contribution < 1.29 is 9.84 Å². The molecular weight excluding hydrogens is 226 g/mol. The Hall–Kier alpha value is -0.120. The number of rotatable bonds is 12. The molecule has 0 aromatic rings. The van der Waals surface area contributed by atoms with Crippen molar-refractivity contribution in [2.24, 2.45) is 0 Å². The molecule has 3 heteroatoms. The van der Waals surface area contributed by atoms with Gasteiger partial charge in [-0.05, 0) is 38.5 Å². The Bertz CT molecular complexity index is 201. The molecule has 1 aliphatic rings. The summed E-state index contributed by atoms with van der Waals surface area (Å²) in [5.41, 5.74) is -0.0616. The molecule has 2 N–H and O–H groups in total. The van der Waals surface area contributed by atoms with Crippen LogP contribution in [-0.2, 0) is 4.74 Å². The van der Waals surface area contributed by atoms with Crippen LogP contribution in [0.25, 0.3) is 0 Å². The summed E-state index contributed by atoms with van der Waals surface area (Å²) < 4.78 is 5.63. The summed E-state index contributed by atoms with van der Waals surface area (Å²) in [5.74, 6) is 0. The van der Waals surface area contributed by atoms with Gasteiger partial charge in [-0.1, -0.05) is 26.7 Å². The lowest BCUT2D eigenvalue weighted by Gasteiger charge is -2.32. The lowest BCUT2D eigenvalue weighted by molar-refractivity contribution is 0.0998. The molecule has 3 nitrogen and oxygen atoms in total. The monoisotopic (exact) mass is 257 g/mol. The number of unbranched alkanes of at least 4 members (excludes halogenated alkanes) is 2. The maximum absolute atomic E-state index is 9.62. The second-order valence-corrected chi connectivity index (χ2v) is 5.63. The van der Waals surface area contributed by atoms with E-state index in [1.165, 1.54) is 32.1 Å². The smallest absolute Gasteiger partial charge is 0.0613 e. The molecule has 0 aromatic heterocycles. The largest absolute Gasteiger partial charge is 0.394 e. The Balaban J connectivity index is 2.09. The molecule has 0 bridgehead atoms. The highest BCUT2D eigenvalue weighted by atomic mass is 16.5. The van der Waals surface area contributed by atoms with E-state index in [0.29, 0.717) is 6.04 Å². The van der Waals surface area contributed by atoms with Crippen molar-refractivity contribution in [1.82, 2.24) is 5.32 Å². The highest BCUT2D eigenvalue weighted by Crippen LogP contribution is 2.26. The Labute approximate surface area is 112 Å². The van der Waals surface area contributed by atoms with Crippen molar-refractivity contribution in [3.63, 3.8) is 0 Å². The minimum atomic E-state index is -0.0616. The third-order valence-corrected chi connectivity index (χ3v) is 3.90. The lowest BCUT2D eigenvalue weighted by Crippen LogP contribution is -2.49. The predicted molar refractivity (Wildman–Crippen MR) is 75.8 cm³/mol. The fraction of sp³-hybridized carbons (Fsp3) is 1.00. The quantitative estimate of drug-likeness (QED) is 0.528. The van der Waals surface area contributed by atoms with Gasteiger partial charge in [0.05, 0.1) is 6.61 Å². The fourth-order valence-electron chi connectivity index (χ4n) is 2.32. The summed E-state index contributed by atoms with van der Waals surface area (Å²) in [4.78, 5) is 0. The van der Waals surface area contributed by atoms with E-state index in [1.807, 2.05) is 0 Å². The van der Waals surface area contributed by atoms with Crippen molar-refractivity contribution in [3.05, 3.63) is 0 Å². The van der Waals surface area contributed by atoms with Gasteiger partial charge in [0.15, 0.2) is 0 Å². The van der Waals surface area contributed by atoms with Gasteiger partial charge >= 0.3 is 0 Å². The highest BCUT2D eigenvalue weighted by Gasteiger charge is 2.33. The zero-order valence-electron chi connectivity index (χ0n) is 12.2. The van der Waals surface area contributed by atoms with Crippen LogP contribution in [0.3, 0.4) is 0 Å². The van der Waals surface area contributed by atoms with E-state index < -0.39 is 0 Å². The summed E-state index contributed by atoms with van der Waals surface area (Å²) in [7, 11) is 0. The molecule has 1 rings (SSSR count). The number of aliphatic hydroxyl groups is 1. The Morgan fingerprint density at radius 2 is 1.89 bits per heavy atom. The van der Waals surface area contributed by atoms with Crippen LogP contribution in [0.1, 0.15) is 65.2 Å². The molecule has 18 heavy (non-hydrogen) atoms. The third kappa shape index (κ3) is 6.17. The van der Waals surface area contributed by atoms with Crippen molar-refractivity contribution >= 4 is 0 Å². The van der Waals surface area contributed by atoms with Crippen LogP contribution in [0.15, 0.2) is 0 Å². The van der Waals surface area contributed by atoms with Crippen molar-refractivity contribution in [2.45, 2.75) is 76.8 Å². The molecule has 0 saturated heterocycles. The van der Waals surface area contributed by atoms with Crippen LogP contribution in [0.5, 0.6) is 0 Å². The van der Waals surface area contributed by atoms with Gasteiger partial charge in [-0.15, -0.1) is 0 Å². The van der Waals surface area contributed by atoms with Crippen molar-refractivity contribution in [3.8, 4) is 0 Å². The van der Waals surface area contributed by atoms with Gasteiger partial charge in [0.25, 0.3) is 0 Å². The molecule has 0 heterocycles. The van der Waals surface area contributed by atoms with Gasteiger partial charge < -0.3 is 15.2 Å². The van der Waals surface area contributed by atoms with E-state index in [9.17, 15) is 5.11 Å². The van der Waals surface area contributed by atoms with Crippen molar-refractivity contribution in [2.75, 3.05) is 19.8 Å². The average Bonchev–Trinajstić information content (AvgIpc) is 3.20. The second kappa shape index (κ2) is 8.89. The van der Waals surface area contributed by atoms with E-state index in [1.54, 1.807) is 0 Å². The van der Waals surface area contributed by atoms with Gasteiger partial charge in [-0.2, -0.15) is 0 Å². The molecule has 1 unspecified atom stereocenters. The lowest BCUT2D eigenvalue weighted by atomic mass is 9.91. The molecule has 108 valence electrons. The molecule has 0 spiro atoms. The number of nitrogens with one attached hydrogen (secondary N) is 1. The number of ether oxygens (including phenoxy) is 1. The predicted octanol–water partition coefficient (Wildman–Crippen LogP) is 2.87. The summed E-state index contributed by atoms with van der Waals surface area (Å²) in [5, 5.41) is 13.2. The van der Waals surface area contributed by atoms with Crippen LogP contribution >= 0.6 is 0 Å². The average molecular weight is 257 g/mol. The minimum absolute atomic E-state index is 0.0616. The minimum Gasteiger partial charge on any atom is -0.394 e. The molecule has 0 aromatic carbocycles. The Kier molecular flexibility index (Phi) is 7.87. The first-order valence-electron chi connectivity index (χ1n) is 7.72. The van der Waals surface area contributed by atoms with Gasteiger partial charge in [0.1, 0.15) is 0 Å². The van der Waals surface area contributed by atoms with E-state index in [2.05, 4.69) is 19.2 Å². The Morgan fingerprint density at radius 3 is 2.44 bits per heavy atom. The zero-order valence-corrected chi connectivity index (χ0v) is 12.2. The molecule has 1 saturated carbocycles. The van der Waals surface area contributed by atoms with Crippen LogP contribution in [0.4, 0.5) is 0 Å². The van der Waals surface area contributed by atoms with Gasteiger partial charge in [-0.25, -0.2) is 0 Å². The summed E-state index contributed by atoms with van der Waals surface area (Å²) in [6.45, 7) is 6.34. The highest BCUT2D eigenvalue weighted by molar-refractivity contribution is 4.94. The molecule has 1 fully saturated rings. The van der Waals surface area contributed by atoms with E-state index >= 15 is 0 Å². The summed E-state index contributed by atoms with van der Waals surface area (Å²) >= 11 is 0. The van der Waals surface area contributed by atoms with E-state index in [-0.39, 0.29) is 12.1 Å². The van der Waals surface area contributed by atoms with Crippen LogP contribution in [-0.4, -0.2) is 36.5 Å². The first kappa shape index (κ1) is 15.9. The molecule has 1 aliphatic carbocycles. The molecular formula is C15H31NO2. The zero-order chi connectivity index (χ0) is 13.3. The SMILES string of the molecule is CCCCCOCCCC(CC)(CO)NC1CC1. The normalized spacial score (nSPS) is 18.8. The van der Waals surface area contributed by atoms with E-state index in [4.69, 9.17) is 4.74 Å². The number of hydrogen-bond donors (Lipinski definition) is 2. The fourth-order valence-corrected chi connectivity index (χ4v) is 2.32. The molecule has 0 aliphatic heterocycles. The summed E-state index contributed by atoms with van der Waals surface area (Å²) in [6, 6.07) is 0.655. The van der Waals surface area contributed by atoms with Gasteiger partial charge in [-0.3, -0.25) is 0 Å². The third-order valence-electron chi connectivity index (χ3n) is 3.90. The first-order valence-corrected chi connectivity index (χ1v) is 7.72. The maximum Gasteiger partial charge on any atom is 0.0613 e. The van der Waals surface area contributed by atoms with E-state index in [0.717, 1.165) is 32.5 Å². The topological polar surface area (TPSA) is 41.5 Å². The van der Waals surface area contributed by atoms with Gasteiger partial charge in [0.2, 0.25) is 0 Å². The Morgan fingerprint density at radius 1 is 1.17 bits per heavy atom. The second-order valence-electron chi connectivity index (χ2n) is 5.63. The van der Waals surface area contributed by atoms with Gasteiger partial charge in [0, 0.05) is 24.8 Å². The van der Waals surface area contributed by atoms with Crippen molar-refractivity contribution in [1.29, 1.82) is 0 Å². The standard InChI is InChI=1S/C15H31NO2/c1-3-5-6-11-18-12-7-10-15(4-2,13-17)16-14-8-9-14/h14,16-17H,3-13H2,1-2H3.